The molecule has 6 heteroatoms. The normalized spacial score (nSPS) is 9.29. The summed E-state index contributed by atoms with van der Waals surface area (Å²) < 4.78 is 0. The van der Waals surface area contributed by atoms with Gasteiger partial charge < -0.3 is 5.73 Å². The summed E-state index contributed by atoms with van der Waals surface area (Å²) in [4.78, 5) is 4.81. The SMILES string of the molecule is C=C(C)CN(CC)c1[nH+]c(N)c(C#N)c(CC#N)c1C#N. The summed E-state index contributed by atoms with van der Waals surface area (Å²) in [5.74, 6) is 0.682. The zero-order chi connectivity index (χ0) is 16.0. The highest BCUT2D eigenvalue weighted by Gasteiger charge is 2.25. The number of nitriles is 3. The van der Waals surface area contributed by atoms with E-state index in [-0.39, 0.29) is 23.4 Å². The van der Waals surface area contributed by atoms with Gasteiger partial charge in [-0.1, -0.05) is 6.58 Å². The standard InChI is InChI=1S/C15H16N6/c1-4-21(9-10(2)3)15-13(8-18)11(5-6-16)12(7-17)14(19)20-15/h2,4-5,9H2,1,3H3,(H2,19,20)/p+1. The van der Waals surface area contributed by atoms with Crippen molar-refractivity contribution >= 4 is 11.6 Å². The van der Waals surface area contributed by atoms with Crippen LogP contribution in [0, 0.1) is 34.0 Å². The Morgan fingerprint density at radius 1 is 1.29 bits per heavy atom. The number of aromatic nitrogens is 1. The summed E-state index contributed by atoms with van der Waals surface area (Å²) in [6.45, 7) is 8.88. The highest BCUT2D eigenvalue weighted by atomic mass is 15.2. The molecule has 1 aromatic heterocycles. The first-order valence-electron chi connectivity index (χ1n) is 6.44. The number of aromatic amines is 1. The number of rotatable bonds is 5. The molecular formula is C15H17N6+. The molecule has 0 radical (unpaired) electrons. The Balaban J connectivity index is 3.61. The Bertz CT molecular complexity index is 684. The molecule has 0 aliphatic heterocycles. The number of anilines is 2. The molecule has 0 fully saturated rings. The van der Waals surface area contributed by atoms with Crippen molar-refractivity contribution in [2.45, 2.75) is 20.3 Å². The van der Waals surface area contributed by atoms with Crippen LogP contribution < -0.4 is 15.6 Å². The van der Waals surface area contributed by atoms with Crippen molar-refractivity contribution < 1.29 is 4.98 Å². The fourth-order valence-electron chi connectivity index (χ4n) is 2.10. The van der Waals surface area contributed by atoms with Crippen molar-refractivity contribution in [1.82, 2.24) is 0 Å². The zero-order valence-corrected chi connectivity index (χ0v) is 12.2. The lowest BCUT2D eigenvalue weighted by atomic mass is 10.0. The lowest BCUT2D eigenvalue weighted by Crippen LogP contribution is -2.33. The van der Waals surface area contributed by atoms with E-state index in [0.29, 0.717) is 24.5 Å². The minimum atomic E-state index is -0.0394. The lowest BCUT2D eigenvalue weighted by molar-refractivity contribution is -0.346. The van der Waals surface area contributed by atoms with Gasteiger partial charge >= 0.3 is 0 Å². The molecule has 6 nitrogen and oxygen atoms in total. The van der Waals surface area contributed by atoms with E-state index in [1.807, 2.05) is 30.9 Å². The summed E-state index contributed by atoms with van der Waals surface area (Å²) >= 11 is 0. The van der Waals surface area contributed by atoms with Gasteiger partial charge in [0.05, 0.1) is 25.6 Å². The predicted molar refractivity (Wildman–Crippen MR) is 78.9 cm³/mol. The summed E-state index contributed by atoms with van der Waals surface area (Å²) in [7, 11) is 0. The quantitative estimate of drug-likeness (QED) is 0.817. The van der Waals surface area contributed by atoms with Crippen LogP contribution in [0.2, 0.25) is 0 Å². The summed E-state index contributed by atoms with van der Waals surface area (Å²) in [5, 5.41) is 27.6. The van der Waals surface area contributed by atoms with Crippen molar-refractivity contribution in [3.8, 4) is 18.2 Å². The molecule has 0 aliphatic rings. The molecule has 1 aromatic rings. The molecule has 0 amide bonds. The Kier molecular flexibility index (Phi) is 5.29. The molecule has 0 unspecified atom stereocenters. The van der Waals surface area contributed by atoms with Crippen molar-refractivity contribution in [2.24, 2.45) is 0 Å². The van der Waals surface area contributed by atoms with Crippen LogP contribution >= 0.6 is 0 Å². The number of hydrogen-bond donors (Lipinski definition) is 1. The molecule has 1 rings (SSSR count). The van der Waals surface area contributed by atoms with Crippen LogP contribution in [0.5, 0.6) is 0 Å². The predicted octanol–water partition coefficient (Wildman–Crippen LogP) is 1.29. The van der Waals surface area contributed by atoms with Crippen molar-refractivity contribution in [2.75, 3.05) is 23.7 Å². The van der Waals surface area contributed by atoms with E-state index in [4.69, 9.17) is 11.0 Å². The largest absolute Gasteiger partial charge is 0.318 e. The van der Waals surface area contributed by atoms with Crippen LogP contribution in [-0.4, -0.2) is 13.1 Å². The van der Waals surface area contributed by atoms with E-state index in [0.717, 1.165) is 5.57 Å². The van der Waals surface area contributed by atoms with Crippen LogP contribution in [0.15, 0.2) is 12.2 Å². The van der Waals surface area contributed by atoms with E-state index < -0.39 is 0 Å². The van der Waals surface area contributed by atoms with E-state index in [2.05, 4.69) is 17.6 Å². The van der Waals surface area contributed by atoms with Gasteiger partial charge in [0.2, 0.25) is 11.6 Å². The minimum absolute atomic E-state index is 0.0394. The Morgan fingerprint density at radius 2 is 1.90 bits per heavy atom. The summed E-state index contributed by atoms with van der Waals surface area (Å²) in [6, 6.07) is 6.01. The Hall–Kier alpha value is -3.04. The minimum Gasteiger partial charge on any atom is -0.318 e. The van der Waals surface area contributed by atoms with Gasteiger partial charge in [-0.25, -0.2) is 4.98 Å². The highest BCUT2D eigenvalue weighted by molar-refractivity contribution is 5.64. The van der Waals surface area contributed by atoms with Gasteiger partial charge in [0.1, 0.15) is 23.3 Å². The van der Waals surface area contributed by atoms with Gasteiger partial charge in [-0.05, 0) is 19.4 Å². The molecule has 0 aromatic carbocycles. The zero-order valence-electron chi connectivity index (χ0n) is 12.2. The average Bonchev–Trinajstić information content (AvgIpc) is 2.44. The first-order chi connectivity index (χ1) is 9.99. The van der Waals surface area contributed by atoms with Gasteiger partial charge in [-0.3, -0.25) is 4.90 Å². The van der Waals surface area contributed by atoms with Crippen LogP contribution in [0.4, 0.5) is 11.6 Å². The molecule has 3 N–H and O–H groups in total. The third-order valence-electron chi connectivity index (χ3n) is 3.00. The molecule has 0 saturated carbocycles. The van der Waals surface area contributed by atoms with Gasteiger partial charge in [0.15, 0.2) is 0 Å². The third-order valence-corrected chi connectivity index (χ3v) is 3.00. The number of nitrogen functional groups attached to an aromatic ring is 1. The van der Waals surface area contributed by atoms with E-state index in [1.54, 1.807) is 0 Å². The first-order valence-corrected chi connectivity index (χ1v) is 6.44. The molecule has 21 heavy (non-hydrogen) atoms. The molecular weight excluding hydrogens is 264 g/mol. The average molecular weight is 281 g/mol. The topological polar surface area (TPSA) is 115 Å². The van der Waals surface area contributed by atoms with Crippen molar-refractivity contribution in [3.05, 3.63) is 28.8 Å². The monoisotopic (exact) mass is 281 g/mol. The molecule has 106 valence electrons. The van der Waals surface area contributed by atoms with Crippen molar-refractivity contribution in [3.63, 3.8) is 0 Å². The van der Waals surface area contributed by atoms with Gasteiger partial charge in [-0.15, -0.1) is 0 Å². The number of nitrogens with two attached hydrogens (primary N) is 1. The van der Waals surface area contributed by atoms with Gasteiger partial charge in [0, 0.05) is 5.56 Å². The fraction of sp³-hybridized carbons (Fsp3) is 0.333. The molecule has 0 atom stereocenters. The second-order valence-corrected chi connectivity index (χ2v) is 4.65. The van der Waals surface area contributed by atoms with Crippen LogP contribution in [0.3, 0.4) is 0 Å². The maximum absolute atomic E-state index is 9.44. The molecule has 0 bridgehead atoms. The van der Waals surface area contributed by atoms with Gasteiger partial charge in [0.25, 0.3) is 0 Å². The molecule has 0 aliphatic carbocycles. The van der Waals surface area contributed by atoms with E-state index in [1.165, 1.54) is 0 Å². The lowest BCUT2D eigenvalue weighted by Gasteiger charge is -2.20. The summed E-state index contributed by atoms with van der Waals surface area (Å²) in [5.41, 5.74) is 7.60. The Labute approximate surface area is 124 Å². The number of H-pyrrole nitrogens is 1. The van der Waals surface area contributed by atoms with Crippen molar-refractivity contribution in [1.29, 1.82) is 15.8 Å². The summed E-state index contributed by atoms with van der Waals surface area (Å²) in [6.07, 6.45) is -0.0394. The number of nitrogens with one attached hydrogen (secondary N) is 1. The van der Waals surface area contributed by atoms with E-state index >= 15 is 0 Å². The molecule has 1 heterocycles. The number of hydrogen-bond acceptors (Lipinski definition) is 5. The number of likely N-dealkylation sites (N-methyl/N-ethyl adjacent to an activating group) is 1. The Morgan fingerprint density at radius 3 is 2.33 bits per heavy atom. The first kappa shape index (κ1) is 16.0. The fourth-order valence-corrected chi connectivity index (χ4v) is 2.10. The third kappa shape index (κ3) is 3.29. The van der Waals surface area contributed by atoms with Gasteiger partial charge in [-0.2, -0.15) is 15.8 Å². The second-order valence-electron chi connectivity index (χ2n) is 4.65. The maximum atomic E-state index is 9.44. The van der Waals surface area contributed by atoms with Crippen LogP contribution in [-0.2, 0) is 6.42 Å². The number of nitrogens with zero attached hydrogens (tertiary/aromatic N) is 4. The molecule has 0 saturated heterocycles. The molecule has 0 spiro atoms. The van der Waals surface area contributed by atoms with Crippen LogP contribution in [0.25, 0.3) is 0 Å². The second kappa shape index (κ2) is 6.93. The van der Waals surface area contributed by atoms with E-state index in [9.17, 15) is 10.5 Å². The maximum Gasteiger partial charge on any atom is 0.240 e. The smallest absolute Gasteiger partial charge is 0.240 e. The number of pyridine rings is 1. The highest BCUT2D eigenvalue weighted by Crippen LogP contribution is 2.25. The van der Waals surface area contributed by atoms with Crippen LogP contribution in [0.1, 0.15) is 30.5 Å².